The number of hydrogen-bond acceptors (Lipinski definition) is 5. The number of rotatable bonds is 2. The summed E-state index contributed by atoms with van der Waals surface area (Å²) in [5.74, 6) is -1.92. The van der Waals surface area contributed by atoms with Gasteiger partial charge in [0.25, 0.3) is 5.91 Å². The molecule has 0 bridgehead atoms. The largest absolute Gasteiger partial charge is 0.464 e. The van der Waals surface area contributed by atoms with Gasteiger partial charge in [0.15, 0.2) is 0 Å². The van der Waals surface area contributed by atoms with Crippen molar-refractivity contribution < 1.29 is 18.7 Å². The first-order valence-corrected chi connectivity index (χ1v) is 5.36. The zero-order chi connectivity index (χ0) is 13.3. The zero-order valence-corrected chi connectivity index (χ0v) is 9.62. The Kier molecular flexibility index (Phi) is 3.05. The van der Waals surface area contributed by atoms with Crippen LogP contribution < -0.4 is 16.4 Å². The fraction of sp³-hybridized carbons (Fsp3) is 0.273. The lowest BCUT2D eigenvalue weighted by molar-refractivity contribution is -0.146. The monoisotopic (exact) mass is 253 g/mol. The Bertz CT molecular complexity index is 519. The third-order valence-electron chi connectivity index (χ3n) is 2.48. The highest BCUT2D eigenvalue weighted by Crippen LogP contribution is 2.30. The molecule has 1 aromatic carbocycles. The molecule has 0 fully saturated rings. The SMILES string of the molecule is CCOC(=O)C1Nc2cc(N)c(F)cc2NC1=O. The Balaban J connectivity index is 2.30. The first kappa shape index (κ1) is 12.2. The van der Waals surface area contributed by atoms with E-state index in [1.54, 1.807) is 6.92 Å². The third kappa shape index (κ3) is 2.06. The van der Waals surface area contributed by atoms with Crippen molar-refractivity contribution >= 4 is 28.9 Å². The molecule has 2 rings (SSSR count). The van der Waals surface area contributed by atoms with E-state index in [1.807, 2.05) is 0 Å². The average Bonchev–Trinajstić information content (AvgIpc) is 2.31. The second kappa shape index (κ2) is 4.52. The molecule has 0 radical (unpaired) electrons. The minimum atomic E-state index is -1.15. The molecule has 1 atom stereocenters. The molecule has 96 valence electrons. The molecule has 0 aliphatic carbocycles. The van der Waals surface area contributed by atoms with Gasteiger partial charge in [0.05, 0.1) is 23.7 Å². The number of benzene rings is 1. The molecule has 4 N–H and O–H groups in total. The number of halogens is 1. The molecule has 7 heteroatoms. The summed E-state index contributed by atoms with van der Waals surface area (Å²) in [4.78, 5) is 23.2. The first-order chi connectivity index (χ1) is 8.52. The fourth-order valence-corrected chi connectivity index (χ4v) is 1.63. The zero-order valence-electron chi connectivity index (χ0n) is 9.62. The first-order valence-electron chi connectivity index (χ1n) is 5.36. The van der Waals surface area contributed by atoms with E-state index in [2.05, 4.69) is 10.6 Å². The number of nitrogens with two attached hydrogens (primary N) is 1. The topological polar surface area (TPSA) is 93.4 Å². The van der Waals surface area contributed by atoms with Gasteiger partial charge in [-0.15, -0.1) is 0 Å². The van der Waals surface area contributed by atoms with Crippen molar-refractivity contribution in [2.75, 3.05) is 23.0 Å². The van der Waals surface area contributed by atoms with Crippen LogP contribution in [0.5, 0.6) is 0 Å². The maximum absolute atomic E-state index is 13.2. The van der Waals surface area contributed by atoms with Crippen molar-refractivity contribution in [3.63, 3.8) is 0 Å². The van der Waals surface area contributed by atoms with Crippen LogP contribution in [0.2, 0.25) is 0 Å². The van der Waals surface area contributed by atoms with E-state index in [1.165, 1.54) is 6.07 Å². The summed E-state index contributed by atoms with van der Waals surface area (Å²) in [7, 11) is 0. The molecule has 0 spiro atoms. The number of anilines is 3. The van der Waals surface area contributed by atoms with E-state index in [0.29, 0.717) is 5.69 Å². The molecule has 1 aromatic rings. The highest BCUT2D eigenvalue weighted by Gasteiger charge is 2.33. The van der Waals surface area contributed by atoms with Crippen molar-refractivity contribution in [3.05, 3.63) is 17.9 Å². The quantitative estimate of drug-likeness (QED) is 0.410. The molecule has 0 aromatic heterocycles. The van der Waals surface area contributed by atoms with Crippen LogP contribution in [0.15, 0.2) is 12.1 Å². The van der Waals surface area contributed by atoms with Gasteiger partial charge in [0, 0.05) is 6.07 Å². The van der Waals surface area contributed by atoms with Crippen LogP contribution >= 0.6 is 0 Å². The molecular weight excluding hydrogens is 241 g/mol. The summed E-state index contributed by atoms with van der Waals surface area (Å²) in [5.41, 5.74) is 5.97. The minimum absolute atomic E-state index is 0.0694. The number of amides is 1. The number of carbonyl (C=O) groups excluding carboxylic acids is 2. The highest BCUT2D eigenvalue weighted by atomic mass is 19.1. The van der Waals surface area contributed by atoms with E-state index < -0.39 is 23.7 Å². The van der Waals surface area contributed by atoms with Crippen LogP contribution in [0, 0.1) is 5.82 Å². The number of carbonyl (C=O) groups is 2. The Morgan fingerprint density at radius 1 is 1.50 bits per heavy atom. The normalized spacial score (nSPS) is 17.4. The van der Waals surface area contributed by atoms with Crippen LogP contribution in [-0.2, 0) is 14.3 Å². The molecular formula is C11H12FN3O3. The van der Waals surface area contributed by atoms with Crippen LogP contribution in [0.25, 0.3) is 0 Å². The summed E-state index contributed by atoms with van der Waals surface area (Å²) in [6, 6.07) is 1.26. The molecule has 0 saturated carbocycles. The van der Waals surface area contributed by atoms with Gasteiger partial charge in [0.2, 0.25) is 6.04 Å². The lowest BCUT2D eigenvalue weighted by atomic mass is 10.1. The van der Waals surface area contributed by atoms with Crippen molar-refractivity contribution in [1.29, 1.82) is 0 Å². The van der Waals surface area contributed by atoms with E-state index in [-0.39, 0.29) is 18.0 Å². The average molecular weight is 253 g/mol. The highest BCUT2D eigenvalue weighted by molar-refractivity contribution is 6.14. The molecule has 1 unspecified atom stereocenters. The van der Waals surface area contributed by atoms with Gasteiger partial charge < -0.3 is 21.1 Å². The molecule has 1 aliphatic heterocycles. The second-order valence-electron chi connectivity index (χ2n) is 3.74. The van der Waals surface area contributed by atoms with E-state index >= 15 is 0 Å². The number of ether oxygens (including phenoxy) is 1. The number of hydrogen-bond donors (Lipinski definition) is 3. The van der Waals surface area contributed by atoms with Crippen molar-refractivity contribution in [2.24, 2.45) is 0 Å². The Morgan fingerprint density at radius 2 is 2.22 bits per heavy atom. The van der Waals surface area contributed by atoms with Crippen molar-refractivity contribution in [2.45, 2.75) is 13.0 Å². The number of nitrogen functional groups attached to an aromatic ring is 1. The molecule has 1 amide bonds. The van der Waals surface area contributed by atoms with Crippen molar-refractivity contribution in [3.8, 4) is 0 Å². The number of nitrogens with one attached hydrogen (secondary N) is 2. The smallest absolute Gasteiger partial charge is 0.338 e. The Morgan fingerprint density at radius 3 is 2.89 bits per heavy atom. The molecule has 18 heavy (non-hydrogen) atoms. The maximum Gasteiger partial charge on any atom is 0.338 e. The van der Waals surface area contributed by atoms with Crippen molar-refractivity contribution in [1.82, 2.24) is 0 Å². The number of fused-ring (bicyclic) bond motifs is 1. The summed E-state index contributed by atoms with van der Waals surface area (Å²) >= 11 is 0. The standard InChI is InChI=1S/C11H12FN3O3/c1-2-18-11(17)9-10(16)15-7-3-5(12)6(13)4-8(7)14-9/h3-4,9,14H,2,13H2,1H3,(H,15,16). The van der Waals surface area contributed by atoms with Crippen LogP contribution in [0.4, 0.5) is 21.5 Å². The van der Waals surface area contributed by atoms with E-state index in [0.717, 1.165) is 6.07 Å². The van der Waals surface area contributed by atoms with Gasteiger partial charge >= 0.3 is 5.97 Å². The Hall–Kier alpha value is -2.31. The molecule has 1 aliphatic rings. The molecule has 6 nitrogen and oxygen atoms in total. The van der Waals surface area contributed by atoms with Gasteiger partial charge in [-0.05, 0) is 13.0 Å². The van der Waals surface area contributed by atoms with E-state index in [4.69, 9.17) is 10.5 Å². The van der Waals surface area contributed by atoms with Crippen LogP contribution in [-0.4, -0.2) is 24.5 Å². The van der Waals surface area contributed by atoms with Gasteiger partial charge in [-0.2, -0.15) is 0 Å². The van der Waals surface area contributed by atoms with Gasteiger partial charge in [-0.1, -0.05) is 0 Å². The predicted molar refractivity (Wildman–Crippen MR) is 63.5 cm³/mol. The van der Waals surface area contributed by atoms with E-state index in [9.17, 15) is 14.0 Å². The van der Waals surface area contributed by atoms with Crippen LogP contribution in [0.1, 0.15) is 6.92 Å². The predicted octanol–water partition coefficient (Wildman–Crippen LogP) is 0.704. The summed E-state index contributed by atoms with van der Waals surface area (Å²) < 4.78 is 18.0. The second-order valence-corrected chi connectivity index (χ2v) is 3.74. The van der Waals surface area contributed by atoms with Crippen LogP contribution in [0.3, 0.4) is 0 Å². The number of esters is 1. The molecule has 1 heterocycles. The van der Waals surface area contributed by atoms with Gasteiger partial charge in [-0.25, -0.2) is 9.18 Å². The summed E-state index contributed by atoms with van der Waals surface area (Å²) in [6.45, 7) is 1.81. The lowest BCUT2D eigenvalue weighted by Crippen LogP contribution is -2.45. The van der Waals surface area contributed by atoms with Gasteiger partial charge in [-0.3, -0.25) is 4.79 Å². The summed E-state index contributed by atoms with van der Waals surface area (Å²) in [5, 5.41) is 5.09. The van der Waals surface area contributed by atoms with Gasteiger partial charge in [0.1, 0.15) is 5.82 Å². The summed E-state index contributed by atoms with van der Waals surface area (Å²) in [6.07, 6.45) is 0. The lowest BCUT2D eigenvalue weighted by Gasteiger charge is -2.25. The third-order valence-corrected chi connectivity index (χ3v) is 2.48. The fourth-order valence-electron chi connectivity index (χ4n) is 1.63. The minimum Gasteiger partial charge on any atom is -0.464 e. The Labute approximate surface area is 102 Å². The maximum atomic E-state index is 13.2. The molecule has 0 saturated heterocycles.